The van der Waals surface area contributed by atoms with E-state index in [2.05, 4.69) is 10.4 Å². The van der Waals surface area contributed by atoms with Gasteiger partial charge in [0, 0.05) is 12.6 Å². The number of amides is 2. The van der Waals surface area contributed by atoms with E-state index < -0.39 is 5.60 Å². The summed E-state index contributed by atoms with van der Waals surface area (Å²) in [5.74, 6) is 0.674. The van der Waals surface area contributed by atoms with E-state index in [0.717, 1.165) is 24.1 Å². The van der Waals surface area contributed by atoms with Gasteiger partial charge in [-0.05, 0) is 39.2 Å². The monoisotopic (exact) mass is 342 g/mol. The molecule has 2 N–H and O–H groups in total. The lowest BCUT2D eigenvalue weighted by Crippen LogP contribution is -2.49. The molecule has 1 saturated heterocycles. The summed E-state index contributed by atoms with van der Waals surface area (Å²) in [5.41, 5.74) is 1.07. The summed E-state index contributed by atoms with van der Waals surface area (Å²) in [6.07, 6.45) is 1.73. The Morgan fingerprint density at radius 1 is 1.36 bits per heavy atom. The molecule has 1 fully saturated rings. The number of carbonyl (C=O) groups is 1. The zero-order chi connectivity index (χ0) is 18.0. The molecule has 1 atom stereocenters. The maximum absolute atomic E-state index is 12.7. The first-order valence-electron chi connectivity index (χ1n) is 8.73. The minimum Gasteiger partial charge on any atom is -0.388 e. The second-order valence-electron chi connectivity index (χ2n) is 7.25. The van der Waals surface area contributed by atoms with Crippen molar-refractivity contribution < 1.29 is 9.90 Å². The van der Waals surface area contributed by atoms with Gasteiger partial charge in [0.15, 0.2) is 0 Å². The Bertz CT molecular complexity index is 734. The summed E-state index contributed by atoms with van der Waals surface area (Å²) < 4.78 is 1.80. The molecule has 0 spiro atoms. The highest BCUT2D eigenvalue weighted by atomic mass is 16.3. The van der Waals surface area contributed by atoms with Crippen molar-refractivity contribution in [1.29, 1.82) is 0 Å². The highest BCUT2D eigenvalue weighted by Gasteiger charge is 2.38. The van der Waals surface area contributed by atoms with Gasteiger partial charge >= 0.3 is 6.03 Å². The van der Waals surface area contributed by atoms with Crippen LogP contribution in [0.15, 0.2) is 36.4 Å². The number of aryl methyl sites for hydroxylation is 1. The Hall–Kier alpha value is -2.34. The number of urea groups is 1. The fraction of sp³-hybridized carbons (Fsp3) is 0.474. The molecule has 2 aromatic rings. The second-order valence-corrected chi connectivity index (χ2v) is 7.25. The van der Waals surface area contributed by atoms with Crippen LogP contribution in [0.3, 0.4) is 0 Å². The third kappa shape index (κ3) is 4.02. The summed E-state index contributed by atoms with van der Waals surface area (Å²) in [5, 5.41) is 17.8. The number of hydrogen-bond acceptors (Lipinski definition) is 3. The minimum absolute atomic E-state index is 0.168. The van der Waals surface area contributed by atoms with Crippen molar-refractivity contribution in [1.82, 2.24) is 14.7 Å². The predicted octanol–water partition coefficient (Wildman–Crippen LogP) is 3.01. The summed E-state index contributed by atoms with van der Waals surface area (Å²) in [7, 11) is 0. The van der Waals surface area contributed by atoms with E-state index in [1.54, 1.807) is 23.4 Å². The zero-order valence-electron chi connectivity index (χ0n) is 15.1. The summed E-state index contributed by atoms with van der Waals surface area (Å²) in [6.45, 7) is 6.68. The van der Waals surface area contributed by atoms with Gasteiger partial charge in [0.1, 0.15) is 5.82 Å². The van der Waals surface area contributed by atoms with E-state index in [-0.39, 0.29) is 12.1 Å². The van der Waals surface area contributed by atoms with Crippen molar-refractivity contribution >= 4 is 11.8 Å². The molecule has 6 nitrogen and oxygen atoms in total. The fourth-order valence-electron chi connectivity index (χ4n) is 3.45. The zero-order valence-corrected chi connectivity index (χ0v) is 15.1. The Morgan fingerprint density at radius 3 is 2.76 bits per heavy atom. The molecule has 0 bridgehead atoms. The number of aromatic nitrogens is 2. The number of benzene rings is 1. The number of nitrogens with one attached hydrogen (secondary N) is 1. The van der Waals surface area contributed by atoms with Crippen LogP contribution in [0.1, 0.15) is 37.9 Å². The van der Waals surface area contributed by atoms with Crippen LogP contribution >= 0.6 is 0 Å². The van der Waals surface area contributed by atoms with E-state index in [4.69, 9.17) is 0 Å². The fourth-order valence-corrected chi connectivity index (χ4v) is 3.45. The molecule has 0 saturated carbocycles. The quantitative estimate of drug-likeness (QED) is 0.897. The number of anilines is 1. The van der Waals surface area contributed by atoms with E-state index in [1.165, 1.54) is 0 Å². The lowest BCUT2D eigenvalue weighted by Gasteiger charge is -2.33. The largest absolute Gasteiger partial charge is 0.388 e. The number of likely N-dealkylation sites (tertiary alicyclic amines) is 1. The number of aliphatic hydroxyl groups is 1. The third-order valence-electron chi connectivity index (χ3n) is 4.64. The molecular weight excluding hydrogens is 316 g/mol. The van der Waals surface area contributed by atoms with Crippen LogP contribution in [0.4, 0.5) is 10.6 Å². The molecule has 1 aromatic carbocycles. The maximum atomic E-state index is 12.7. The van der Waals surface area contributed by atoms with Gasteiger partial charge in [0.25, 0.3) is 0 Å². The second kappa shape index (κ2) is 6.88. The summed E-state index contributed by atoms with van der Waals surface area (Å²) >= 11 is 0. The van der Waals surface area contributed by atoms with Crippen molar-refractivity contribution in [3.05, 3.63) is 47.7 Å². The molecule has 1 aromatic heterocycles. The molecule has 2 amide bonds. The van der Waals surface area contributed by atoms with Gasteiger partial charge in [0.2, 0.25) is 0 Å². The molecule has 3 rings (SSSR count). The molecule has 1 aliphatic heterocycles. The molecule has 1 unspecified atom stereocenters. The van der Waals surface area contributed by atoms with E-state index in [1.807, 2.05) is 43.3 Å². The topological polar surface area (TPSA) is 70.4 Å². The van der Waals surface area contributed by atoms with Crippen LogP contribution in [0.5, 0.6) is 0 Å². The van der Waals surface area contributed by atoms with Gasteiger partial charge < -0.3 is 10.0 Å². The van der Waals surface area contributed by atoms with Gasteiger partial charge in [0.05, 0.1) is 23.9 Å². The highest BCUT2D eigenvalue weighted by Crippen LogP contribution is 2.27. The smallest absolute Gasteiger partial charge is 0.323 e. The Kier molecular flexibility index (Phi) is 4.81. The van der Waals surface area contributed by atoms with Crippen molar-refractivity contribution in [2.75, 3.05) is 11.9 Å². The Balaban J connectivity index is 1.75. The SMILES string of the molecule is Cc1cc(NC(=O)N2CCCC2C(C)(C)O)n(Cc2ccccc2)n1. The molecular formula is C19H26N4O2. The van der Waals surface area contributed by atoms with Crippen LogP contribution in [0.2, 0.25) is 0 Å². The van der Waals surface area contributed by atoms with Crippen LogP contribution in [-0.2, 0) is 6.54 Å². The van der Waals surface area contributed by atoms with Crippen LogP contribution in [-0.4, -0.2) is 44.0 Å². The van der Waals surface area contributed by atoms with Gasteiger partial charge in [-0.2, -0.15) is 5.10 Å². The Morgan fingerprint density at radius 2 is 2.08 bits per heavy atom. The van der Waals surface area contributed by atoms with Gasteiger partial charge in [-0.1, -0.05) is 30.3 Å². The number of rotatable bonds is 4. The molecule has 134 valence electrons. The summed E-state index contributed by atoms with van der Waals surface area (Å²) in [4.78, 5) is 14.5. The number of hydrogen-bond donors (Lipinski definition) is 2. The van der Waals surface area contributed by atoms with Gasteiger partial charge in [-0.25, -0.2) is 9.48 Å². The lowest BCUT2D eigenvalue weighted by molar-refractivity contribution is 0.0117. The van der Waals surface area contributed by atoms with Crippen molar-refractivity contribution in [2.24, 2.45) is 0 Å². The van der Waals surface area contributed by atoms with E-state index in [0.29, 0.717) is 18.9 Å². The number of nitrogens with zero attached hydrogens (tertiary/aromatic N) is 3. The van der Waals surface area contributed by atoms with Crippen molar-refractivity contribution in [3.8, 4) is 0 Å². The van der Waals surface area contributed by atoms with Crippen molar-refractivity contribution in [3.63, 3.8) is 0 Å². The predicted molar refractivity (Wildman–Crippen MR) is 97.6 cm³/mol. The first-order valence-corrected chi connectivity index (χ1v) is 8.73. The van der Waals surface area contributed by atoms with Crippen molar-refractivity contribution in [2.45, 2.75) is 51.8 Å². The van der Waals surface area contributed by atoms with E-state index >= 15 is 0 Å². The standard InChI is InChI=1S/C19H26N4O2/c1-14-12-17(23(21-14)13-15-8-5-4-6-9-15)20-18(24)22-11-7-10-16(22)19(2,3)25/h4-6,8-9,12,16,25H,7,10-11,13H2,1-3H3,(H,20,24). The van der Waals surface area contributed by atoms with Crippen LogP contribution in [0.25, 0.3) is 0 Å². The molecule has 6 heteroatoms. The normalized spacial score (nSPS) is 17.8. The molecule has 0 radical (unpaired) electrons. The first-order chi connectivity index (χ1) is 11.8. The maximum Gasteiger partial charge on any atom is 0.323 e. The highest BCUT2D eigenvalue weighted by molar-refractivity contribution is 5.89. The Labute approximate surface area is 148 Å². The van der Waals surface area contributed by atoms with Gasteiger partial charge in [-0.3, -0.25) is 5.32 Å². The third-order valence-corrected chi connectivity index (χ3v) is 4.64. The minimum atomic E-state index is -0.909. The van der Waals surface area contributed by atoms with Crippen LogP contribution in [0, 0.1) is 6.92 Å². The average Bonchev–Trinajstić information content (AvgIpc) is 3.15. The molecule has 1 aliphatic rings. The summed E-state index contributed by atoms with van der Waals surface area (Å²) in [6, 6.07) is 11.5. The molecule has 25 heavy (non-hydrogen) atoms. The number of carbonyl (C=O) groups excluding carboxylic acids is 1. The lowest BCUT2D eigenvalue weighted by atomic mass is 9.97. The molecule has 0 aliphatic carbocycles. The average molecular weight is 342 g/mol. The molecule has 2 heterocycles. The first kappa shape index (κ1) is 17.5. The van der Waals surface area contributed by atoms with Crippen LogP contribution < -0.4 is 5.32 Å². The van der Waals surface area contributed by atoms with Gasteiger partial charge in [-0.15, -0.1) is 0 Å². The van der Waals surface area contributed by atoms with E-state index in [9.17, 15) is 9.90 Å².